The number of anilines is 2. The molecule has 136 valence electrons. The van der Waals surface area contributed by atoms with E-state index in [4.69, 9.17) is 10.00 Å². The van der Waals surface area contributed by atoms with Crippen molar-refractivity contribution in [1.29, 1.82) is 5.26 Å². The molecule has 1 saturated heterocycles. The van der Waals surface area contributed by atoms with E-state index in [0.717, 1.165) is 50.3 Å². The lowest BCUT2D eigenvalue weighted by Gasteiger charge is -2.33. The molecule has 0 unspecified atom stereocenters. The number of aliphatic hydroxyl groups is 1. The molecule has 1 aliphatic rings. The molecule has 2 aromatic rings. The standard InChI is InChI=1S/C21H25N3O2/c22-16-17-6-8-19(9-7-17)26-15-3-12-23-20-4-1-2-5-21(20)24-13-10-18(25)11-14-24/h1-2,4-9,18,23,25H,3,10-15H2. The van der Waals surface area contributed by atoms with E-state index in [1.165, 1.54) is 5.69 Å². The first kappa shape index (κ1) is 18.1. The minimum atomic E-state index is -0.161. The fraction of sp³-hybridized carbons (Fsp3) is 0.381. The number of hydrogen-bond donors (Lipinski definition) is 2. The summed E-state index contributed by atoms with van der Waals surface area (Å²) in [6.45, 7) is 3.23. The van der Waals surface area contributed by atoms with Crippen molar-refractivity contribution >= 4 is 11.4 Å². The smallest absolute Gasteiger partial charge is 0.119 e. The lowest BCUT2D eigenvalue weighted by Crippen LogP contribution is -2.36. The summed E-state index contributed by atoms with van der Waals surface area (Å²) in [6, 6.07) is 17.6. The fourth-order valence-corrected chi connectivity index (χ4v) is 3.12. The summed E-state index contributed by atoms with van der Waals surface area (Å²) in [6.07, 6.45) is 2.37. The van der Waals surface area contributed by atoms with Crippen molar-refractivity contribution in [2.75, 3.05) is 36.5 Å². The molecule has 0 spiro atoms. The Morgan fingerprint density at radius 2 is 1.85 bits per heavy atom. The molecular formula is C21H25N3O2. The van der Waals surface area contributed by atoms with Gasteiger partial charge in [0.25, 0.3) is 0 Å². The molecule has 1 aliphatic heterocycles. The maximum Gasteiger partial charge on any atom is 0.119 e. The Bertz CT molecular complexity index is 732. The number of benzene rings is 2. The largest absolute Gasteiger partial charge is 0.494 e. The summed E-state index contributed by atoms with van der Waals surface area (Å²) >= 11 is 0. The Kier molecular flexibility index (Phi) is 6.34. The van der Waals surface area contributed by atoms with Crippen LogP contribution in [0.4, 0.5) is 11.4 Å². The molecule has 0 amide bonds. The molecule has 0 saturated carbocycles. The normalized spacial score (nSPS) is 14.7. The third kappa shape index (κ3) is 4.90. The van der Waals surface area contributed by atoms with Crippen molar-refractivity contribution in [2.45, 2.75) is 25.4 Å². The maximum absolute atomic E-state index is 9.69. The molecule has 3 rings (SSSR count). The highest BCUT2D eigenvalue weighted by molar-refractivity contribution is 5.70. The number of ether oxygens (including phenoxy) is 1. The van der Waals surface area contributed by atoms with Gasteiger partial charge < -0.3 is 20.1 Å². The Labute approximate surface area is 154 Å². The SMILES string of the molecule is N#Cc1ccc(OCCCNc2ccccc2N2CCC(O)CC2)cc1. The van der Waals surface area contributed by atoms with E-state index in [9.17, 15) is 5.11 Å². The van der Waals surface area contributed by atoms with Crippen LogP contribution in [0.3, 0.4) is 0 Å². The predicted octanol–water partition coefficient (Wildman–Crippen LogP) is 3.40. The van der Waals surface area contributed by atoms with Crippen LogP contribution < -0.4 is 15.0 Å². The van der Waals surface area contributed by atoms with Crippen LogP contribution >= 0.6 is 0 Å². The summed E-state index contributed by atoms with van der Waals surface area (Å²) in [5, 5.41) is 22.0. The summed E-state index contributed by atoms with van der Waals surface area (Å²) in [5.41, 5.74) is 2.97. The quantitative estimate of drug-likeness (QED) is 0.748. The highest BCUT2D eigenvalue weighted by atomic mass is 16.5. The minimum absolute atomic E-state index is 0.161. The van der Waals surface area contributed by atoms with Gasteiger partial charge >= 0.3 is 0 Å². The second-order valence-corrected chi connectivity index (χ2v) is 6.50. The molecular weight excluding hydrogens is 326 g/mol. The molecule has 0 radical (unpaired) electrons. The van der Waals surface area contributed by atoms with Crippen molar-refractivity contribution < 1.29 is 9.84 Å². The number of hydrogen-bond acceptors (Lipinski definition) is 5. The van der Waals surface area contributed by atoms with Crippen LogP contribution in [0.1, 0.15) is 24.8 Å². The topological polar surface area (TPSA) is 68.5 Å². The van der Waals surface area contributed by atoms with Crippen molar-refractivity contribution in [2.24, 2.45) is 0 Å². The van der Waals surface area contributed by atoms with E-state index in [2.05, 4.69) is 34.5 Å². The van der Waals surface area contributed by atoms with Crippen molar-refractivity contribution in [3.63, 3.8) is 0 Å². The van der Waals surface area contributed by atoms with Gasteiger partial charge in [0.2, 0.25) is 0 Å². The average molecular weight is 351 g/mol. The molecule has 5 nitrogen and oxygen atoms in total. The fourth-order valence-electron chi connectivity index (χ4n) is 3.12. The molecule has 2 aromatic carbocycles. The van der Waals surface area contributed by atoms with E-state index >= 15 is 0 Å². The van der Waals surface area contributed by atoms with Crippen LogP contribution in [0.5, 0.6) is 5.75 Å². The van der Waals surface area contributed by atoms with Crippen LogP contribution in [-0.4, -0.2) is 37.5 Å². The Morgan fingerprint density at radius 1 is 1.12 bits per heavy atom. The number of nitrogens with one attached hydrogen (secondary N) is 1. The minimum Gasteiger partial charge on any atom is -0.494 e. The average Bonchev–Trinajstić information content (AvgIpc) is 2.69. The highest BCUT2D eigenvalue weighted by Crippen LogP contribution is 2.28. The van der Waals surface area contributed by atoms with E-state index in [1.807, 2.05) is 18.2 Å². The molecule has 0 atom stereocenters. The highest BCUT2D eigenvalue weighted by Gasteiger charge is 2.18. The van der Waals surface area contributed by atoms with E-state index in [0.29, 0.717) is 12.2 Å². The molecule has 1 heterocycles. The number of para-hydroxylation sites is 2. The Hall–Kier alpha value is -2.71. The van der Waals surface area contributed by atoms with E-state index in [1.54, 1.807) is 12.1 Å². The van der Waals surface area contributed by atoms with Crippen LogP contribution in [0.2, 0.25) is 0 Å². The van der Waals surface area contributed by atoms with Crippen molar-refractivity contribution in [3.05, 3.63) is 54.1 Å². The van der Waals surface area contributed by atoms with Gasteiger partial charge in [0.15, 0.2) is 0 Å². The predicted molar refractivity (Wildman–Crippen MR) is 104 cm³/mol. The van der Waals surface area contributed by atoms with Gasteiger partial charge in [0, 0.05) is 19.6 Å². The van der Waals surface area contributed by atoms with Gasteiger partial charge in [0.1, 0.15) is 5.75 Å². The number of rotatable bonds is 7. The summed E-state index contributed by atoms with van der Waals surface area (Å²) in [4.78, 5) is 2.34. The molecule has 0 aliphatic carbocycles. The van der Waals surface area contributed by atoms with Gasteiger partial charge in [-0.15, -0.1) is 0 Å². The van der Waals surface area contributed by atoms with Crippen LogP contribution in [0.15, 0.2) is 48.5 Å². The number of aliphatic hydroxyl groups excluding tert-OH is 1. The third-order valence-corrected chi connectivity index (χ3v) is 4.60. The van der Waals surface area contributed by atoms with Gasteiger partial charge in [-0.2, -0.15) is 5.26 Å². The van der Waals surface area contributed by atoms with Gasteiger partial charge in [0.05, 0.1) is 35.7 Å². The zero-order valence-corrected chi connectivity index (χ0v) is 14.9. The van der Waals surface area contributed by atoms with Crippen molar-refractivity contribution in [1.82, 2.24) is 0 Å². The molecule has 0 aromatic heterocycles. The first-order valence-electron chi connectivity index (χ1n) is 9.15. The molecule has 2 N–H and O–H groups in total. The molecule has 1 fully saturated rings. The van der Waals surface area contributed by atoms with Gasteiger partial charge in [-0.05, 0) is 55.7 Å². The van der Waals surface area contributed by atoms with E-state index in [-0.39, 0.29) is 6.10 Å². The van der Waals surface area contributed by atoms with Gasteiger partial charge in [-0.3, -0.25) is 0 Å². The summed E-state index contributed by atoms with van der Waals surface area (Å²) in [7, 11) is 0. The van der Waals surface area contributed by atoms with Crippen molar-refractivity contribution in [3.8, 4) is 11.8 Å². The Morgan fingerprint density at radius 3 is 2.58 bits per heavy atom. The summed E-state index contributed by atoms with van der Waals surface area (Å²) in [5.74, 6) is 0.788. The Balaban J connectivity index is 1.45. The summed E-state index contributed by atoms with van der Waals surface area (Å²) < 4.78 is 5.71. The first-order valence-corrected chi connectivity index (χ1v) is 9.15. The third-order valence-electron chi connectivity index (χ3n) is 4.60. The van der Waals surface area contributed by atoms with Crippen LogP contribution in [-0.2, 0) is 0 Å². The zero-order valence-electron chi connectivity index (χ0n) is 14.9. The maximum atomic E-state index is 9.69. The molecule has 5 heteroatoms. The van der Waals surface area contributed by atoms with E-state index < -0.39 is 0 Å². The first-order chi connectivity index (χ1) is 12.8. The second kappa shape index (κ2) is 9.12. The van der Waals surface area contributed by atoms with Crippen LogP contribution in [0, 0.1) is 11.3 Å². The lowest BCUT2D eigenvalue weighted by molar-refractivity contribution is 0.145. The molecule has 26 heavy (non-hydrogen) atoms. The monoisotopic (exact) mass is 351 g/mol. The lowest BCUT2D eigenvalue weighted by atomic mass is 10.1. The number of piperidine rings is 1. The second-order valence-electron chi connectivity index (χ2n) is 6.50. The number of nitriles is 1. The van der Waals surface area contributed by atoms with Gasteiger partial charge in [-0.1, -0.05) is 12.1 Å². The van der Waals surface area contributed by atoms with Crippen LogP contribution in [0.25, 0.3) is 0 Å². The molecule has 0 bridgehead atoms. The van der Waals surface area contributed by atoms with Gasteiger partial charge in [-0.25, -0.2) is 0 Å². The number of nitrogens with zero attached hydrogens (tertiary/aromatic N) is 2. The zero-order chi connectivity index (χ0) is 18.2.